The fourth-order valence-electron chi connectivity index (χ4n) is 5.27. The number of carbonyl (C=O) groups is 3. The summed E-state index contributed by atoms with van der Waals surface area (Å²) in [5.41, 5.74) is 7.67. The molecule has 3 rings (SSSR count). The number of ether oxygens (including phenoxy) is 1. The maximum absolute atomic E-state index is 14.5. The maximum Gasteiger partial charge on any atom is 0.409 e. The van der Waals surface area contributed by atoms with Crippen molar-refractivity contribution in [3.8, 4) is 0 Å². The number of nitrogens with one attached hydrogen (secondary N) is 1. The molecular weight excluding hydrogens is 570 g/mol. The van der Waals surface area contributed by atoms with Crippen LogP contribution in [0.3, 0.4) is 0 Å². The molecule has 0 spiro atoms. The number of benzene rings is 2. The van der Waals surface area contributed by atoms with Crippen LogP contribution in [0.15, 0.2) is 59.4 Å². The second-order valence-electron chi connectivity index (χ2n) is 12.8. The minimum Gasteiger partial charge on any atom is -0.444 e. The summed E-state index contributed by atoms with van der Waals surface area (Å²) in [6.07, 6.45) is -1.15. The molecule has 10 nitrogen and oxygen atoms in total. The van der Waals surface area contributed by atoms with E-state index in [4.69, 9.17) is 15.5 Å². The van der Waals surface area contributed by atoms with Crippen LogP contribution in [0.25, 0.3) is 0 Å². The molecule has 1 heterocycles. The number of rotatable bonds is 11. The number of nitrogens with zero attached hydrogens (tertiary/aromatic N) is 3. The van der Waals surface area contributed by atoms with Crippen LogP contribution in [0.1, 0.15) is 106 Å². The Kier molecular flexibility index (Phi) is 11.4. The van der Waals surface area contributed by atoms with Crippen LogP contribution in [0.5, 0.6) is 0 Å². The van der Waals surface area contributed by atoms with E-state index in [2.05, 4.69) is 5.32 Å². The second kappa shape index (κ2) is 14.6. The number of Topliss-reactive ketones (excluding diaryl/α,β-unsaturated/α-hetero) is 1. The highest BCUT2D eigenvalue weighted by Crippen LogP contribution is 2.32. The Hall–Kier alpha value is -4.31. The molecule has 0 radical (unpaired) electrons. The lowest BCUT2D eigenvalue weighted by molar-refractivity contribution is -0.118. The summed E-state index contributed by atoms with van der Waals surface area (Å²) >= 11 is 0. The molecule has 0 bridgehead atoms. The van der Waals surface area contributed by atoms with Crippen LogP contribution in [0.4, 0.5) is 4.79 Å². The van der Waals surface area contributed by atoms with Gasteiger partial charge in [0.15, 0.2) is 5.78 Å². The first-order valence-corrected chi connectivity index (χ1v) is 15.4. The zero-order valence-electron chi connectivity index (χ0n) is 27.9. The summed E-state index contributed by atoms with van der Waals surface area (Å²) in [6.45, 7) is 16.1. The number of carbonyl (C=O) groups excluding carboxylic acids is 3. The van der Waals surface area contributed by atoms with Gasteiger partial charge in [0.2, 0.25) is 0 Å². The van der Waals surface area contributed by atoms with Crippen molar-refractivity contribution in [1.29, 1.82) is 0 Å². The van der Waals surface area contributed by atoms with Gasteiger partial charge in [0.25, 0.3) is 11.5 Å². The Morgan fingerprint density at radius 3 is 2.13 bits per heavy atom. The lowest BCUT2D eigenvalue weighted by Crippen LogP contribution is -2.55. The third-order valence-electron chi connectivity index (χ3n) is 7.49. The smallest absolute Gasteiger partial charge is 0.409 e. The summed E-state index contributed by atoms with van der Waals surface area (Å²) in [4.78, 5) is 60.7. The first kappa shape index (κ1) is 35.2. The van der Waals surface area contributed by atoms with E-state index in [-0.39, 0.29) is 29.7 Å². The Labute approximate surface area is 266 Å². The van der Waals surface area contributed by atoms with E-state index in [0.717, 1.165) is 11.1 Å². The van der Waals surface area contributed by atoms with Gasteiger partial charge < -0.3 is 20.7 Å². The molecule has 3 atom stereocenters. The Morgan fingerprint density at radius 1 is 1.02 bits per heavy atom. The monoisotopic (exact) mass is 617 g/mol. The van der Waals surface area contributed by atoms with E-state index in [9.17, 15) is 19.2 Å². The van der Waals surface area contributed by atoms with Crippen LogP contribution in [-0.2, 0) is 16.1 Å². The molecule has 242 valence electrons. The normalized spacial score (nSPS) is 13.6. The summed E-state index contributed by atoms with van der Waals surface area (Å²) < 4.78 is 7.07. The van der Waals surface area contributed by atoms with Gasteiger partial charge >= 0.3 is 6.09 Å². The minimum atomic E-state index is -1.15. The number of alkyl carbamates (subject to hydrolysis) is 1. The van der Waals surface area contributed by atoms with E-state index in [0.29, 0.717) is 23.5 Å². The average molecular weight is 618 g/mol. The molecule has 0 aliphatic heterocycles. The Morgan fingerprint density at radius 2 is 1.62 bits per heavy atom. The predicted octanol–water partition coefficient (Wildman–Crippen LogP) is 5.60. The van der Waals surface area contributed by atoms with Gasteiger partial charge in [-0.25, -0.2) is 9.78 Å². The van der Waals surface area contributed by atoms with Crippen LogP contribution in [-0.4, -0.2) is 44.0 Å². The van der Waals surface area contributed by atoms with Gasteiger partial charge in [0.1, 0.15) is 17.6 Å². The van der Waals surface area contributed by atoms with Crippen LogP contribution < -0.4 is 16.6 Å². The highest BCUT2D eigenvalue weighted by molar-refractivity contribution is 5.95. The van der Waals surface area contributed by atoms with Crippen LogP contribution in [0, 0.1) is 19.8 Å². The number of aryl methyl sites for hydroxylation is 2. The number of ketones is 1. The van der Waals surface area contributed by atoms with Crippen molar-refractivity contribution in [2.75, 3.05) is 0 Å². The van der Waals surface area contributed by atoms with Crippen molar-refractivity contribution in [1.82, 2.24) is 19.8 Å². The van der Waals surface area contributed by atoms with E-state index < -0.39 is 35.5 Å². The standard InChI is InChI=1S/C35H47N5O5/c1-10-27(38-34(44)45-35(7,8)9)40(32(42)26-18-16-22(4)17-19-26)30(21(2)3)31-37-23(5)28(29(36)24(6)41)33(43)39(31)20-25-14-12-11-13-15-25/h11-19,21,27,29-30H,10,20,36H2,1-9H3,(H,38,44). The summed E-state index contributed by atoms with van der Waals surface area (Å²) in [5, 5.41) is 2.90. The van der Waals surface area contributed by atoms with Crippen molar-refractivity contribution in [3.63, 3.8) is 0 Å². The topological polar surface area (TPSA) is 137 Å². The van der Waals surface area contributed by atoms with Crippen LogP contribution in [0.2, 0.25) is 0 Å². The summed E-state index contributed by atoms with van der Waals surface area (Å²) in [6, 6.07) is 14.7. The largest absolute Gasteiger partial charge is 0.444 e. The summed E-state index contributed by atoms with van der Waals surface area (Å²) in [5.74, 6) is -0.658. The molecule has 0 fully saturated rings. The molecular formula is C35H47N5O5. The molecule has 2 amide bonds. The van der Waals surface area contributed by atoms with E-state index in [1.54, 1.807) is 44.7 Å². The lowest BCUT2D eigenvalue weighted by Gasteiger charge is -2.41. The molecule has 1 aromatic heterocycles. The van der Waals surface area contributed by atoms with Crippen molar-refractivity contribution in [2.24, 2.45) is 11.7 Å². The number of amides is 2. The van der Waals surface area contributed by atoms with Gasteiger partial charge in [-0.05, 0) is 71.6 Å². The molecule has 0 aliphatic carbocycles. The Bertz CT molecular complexity index is 1560. The predicted molar refractivity (Wildman–Crippen MR) is 175 cm³/mol. The number of aromatic nitrogens is 2. The highest BCUT2D eigenvalue weighted by Gasteiger charge is 2.38. The SMILES string of the molecule is CCC(NC(=O)OC(C)(C)C)N(C(=O)c1ccc(C)cc1)C(c1nc(C)c(C(N)C(C)=O)c(=O)n1Cc1ccccc1)C(C)C. The fourth-order valence-corrected chi connectivity index (χ4v) is 5.27. The molecule has 10 heteroatoms. The third kappa shape index (κ3) is 8.66. The number of hydrogen-bond acceptors (Lipinski definition) is 7. The van der Waals surface area contributed by atoms with Gasteiger partial charge in [-0.3, -0.25) is 19.0 Å². The van der Waals surface area contributed by atoms with Gasteiger partial charge in [-0.1, -0.05) is 68.8 Å². The summed E-state index contributed by atoms with van der Waals surface area (Å²) in [7, 11) is 0. The van der Waals surface area contributed by atoms with Gasteiger partial charge in [-0.2, -0.15) is 0 Å². The minimum absolute atomic E-state index is 0.111. The molecule has 3 aromatic rings. The molecule has 2 aromatic carbocycles. The van der Waals surface area contributed by atoms with Crippen LogP contribution >= 0.6 is 0 Å². The average Bonchev–Trinajstić information content (AvgIpc) is 2.95. The zero-order chi connectivity index (χ0) is 33.6. The zero-order valence-corrected chi connectivity index (χ0v) is 27.9. The first-order chi connectivity index (χ1) is 21.0. The third-order valence-corrected chi connectivity index (χ3v) is 7.49. The maximum atomic E-state index is 14.5. The van der Waals surface area contributed by atoms with E-state index >= 15 is 0 Å². The van der Waals surface area contributed by atoms with Gasteiger partial charge in [0.05, 0.1) is 29.9 Å². The van der Waals surface area contributed by atoms with E-state index in [1.807, 2.05) is 70.2 Å². The molecule has 0 aliphatic rings. The van der Waals surface area contributed by atoms with Gasteiger partial charge in [-0.15, -0.1) is 0 Å². The first-order valence-electron chi connectivity index (χ1n) is 15.4. The number of nitrogens with two attached hydrogens (primary N) is 1. The second-order valence-corrected chi connectivity index (χ2v) is 12.8. The molecule has 45 heavy (non-hydrogen) atoms. The molecule has 0 saturated carbocycles. The van der Waals surface area contributed by atoms with Crippen molar-refractivity contribution >= 4 is 17.8 Å². The Balaban J connectivity index is 2.34. The number of hydrogen-bond donors (Lipinski definition) is 2. The quantitative estimate of drug-likeness (QED) is 0.267. The lowest BCUT2D eigenvalue weighted by atomic mass is 9.97. The fraction of sp³-hybridized carbons (Fsp3) is 0.457. The highest BCUT2D eigenvalue weighted by atomic mass is 16.6. The van der Waals surface area contributed by atoms with Gasteiger partial charge in [0, 0.05) is 5.56 Å². The molecule has 3 unspecified atom stereocenters. The molecule has 0 saturated heterocycles. The van der Waals surface area contributed by atoms with Crippen molar-refractivity contribution < 1.29 is 19.1 Å². The molecule has 3 N–H and O–H groups in total. The van der Waals surface area contributed by atoms with E-state index in [1.165, 1.54) is 11.5 Å². The van der Waals surface area contributed by atoms with Crippen molar-refractivity contribution in [2.45, 2.75) is 99.1 Å². The van der Waals surface area contributed by atoms with Crippen molar-refractivity contribution in [3.05, 3.63) is 98.7 Å².